The lowest BCUT2D eigenvalue weighted by Crippen LogP contribution is -2.05. The molecule has 5 heteroatoms. The van der Waals surface area contributed by atoms with Crippen molar-refractivity contribution in [2.75, 3.05) is 11.9 Å². The lowest BCUT2D eigenvalue weighted by Gasteiger charge is -2.06. The van der Waals surface area contributed by atoms with Crippen molar-refractivity contribution in [1.82, 2.24) is 9.97 Å². The van der Waals surface area contributed by atoms with Gasteiger partial charge in [0.15, 0.2) is 0 Å². The minimum absolute atomic E-state index is 0.324. The van der Waals surface area contributed by atoms with Gasteiger partial charge in [-0.05, 0) is 6.42 Å². The average molecular weight is 270 g/mol. The molecule has 0 aliphatic heterocycles. The minimum atomic E-state index is -0.324. The molecule has 0 amide bonds. The van der Waals surface area contributed by atoms with Crippen LogP contribution in [0.5, 0.6) is 5.88 Å². The van der Waals surface area contributed by atoms with Gasteiger partial charge >= 0.3 is 0 Å². The molecule has 80 valence electrons. The van der Waals surface area contributed by atoms with Gasteiger partial charge in [-0.25, -0.2) is 4.98 Å². The summed E-state index contributed by atoms with van der Waals surface area (Å²) in [6.07, 6.45) is 2.54. The first kappa shape index (κ1) is 11.9. The highest BCUT2D eigenvalue weighted by atomic mass is 79.9. The lowest BCUT2D eigenvalue weighted by atomic mass is 10.2. The highest BCUT2D eigenvalue weighted by Crippen LogP contribution is 2.15. The van der Waals surface area contributed by atoms with Crippen molar-refractivity contribution in [3.63, 3.8) is 0 Å². The Morgan fingerprint density at radius 3 is 3.07 bits per heavy atom. The molecule has 0 N–H and O–H groups in total. The molecule has 15 heavy (non-hydrogen) atoms. The van der Waals surface area contributed by atoms with Crippen LogP contribution in [-0.4, -0.2) is 21.9 Å². The SMILES string of the molecule is CCCOc1ccnc(C(C#N)CBr)n1. The maximum absolute atomic E-state index is 8.85. The summed E-state index contributed by atoms with van der Waals surface area (Å²) in [5.74, 6) is 0.709. The lowest BCUT2D eigenvalue weighted by molar-refractivity contribution is 0.303. The molecule has 1 aromatic rings. The zero-order valence-electron chi connectivity index (χ0n) is 8.48. The molecular weight excluding hydrogens is 258 g/mol. The standard InChI is InChI=1S/C10H12BrN3O/c1-2-5-15-9-3-4-13-10(14-9)8(6-11)7-12/h3-4,8H,2,5-6H2,1H3. The Bertz CT molecular complexity index is 351. The quantitative estimate of drug-likeness (QED) is 0.770. The predicted octanol–water partition coefficient (Wildman–Crippen LogP) is 2.27. The molecule has 4 nitrogen and oxygen atoms in total. The summed E-state index contributed by atoms with van der Waals surface area (Å²) < 4.78 is 5.36. The molecule has 0 fully saturated rings. The van der Waals surface area contributed by atoms with E-state index in [1.165, 1.54) is 0 Å². The molecule has 1 heterocycles. The molecule has 1 aromatic heterocycles. The molecule has 0 radical (unpaired) electrons. The molecule has 0 aliphatic carbocycles. The fraction of sp³-hybridized carbons (Fsp3) is 0.500. The normalized spacial score (nSPS) is 11.8. The fourth-order valence-electron chi connectivity index (χ4n) is 0.973. The van der Waals surface area contributed by atoms with Gasteiger partial charge in [-0.3, -0.25) is 0 Å². The fourth-order valence-corrected chi connectivity index (χ4v) is 1.41. The van der Waals surface area contributed by atoms with Gasteiger partial charge < -0.3 is 4.74 Å². The maximum atomic E-state index is 8.85. The number of nitriles is 1. The van der Waals surface area contributed by atoms with Crippen molar-refractivity contribution in [3.05, 3.63) is 18.1 Å². The van der Waals surface area contributed by atoms with E-state index in [1.54, 1.807) is 12.3 Å². The van der Waals surface area contributed by atoms with Gasteiger partial charge in [-0.15, -0.1) is 0 Å². The third-order valence-electron chi connectivity index (χ3n) is 1.72. The molecule has 1 unspecified atom stereocenters. The molecule has 1 atom stereocenters. The summed E-state index contributed by atoms with van der Waals surface area (Å²) in [5.41, 5.74) is 0. The van der Waals surface area contributed by atoms with E-state index in [1.807, 2.05) is 6.92 Å². The highest BCUT2D eigenvalue weighted by Gasteiger charge is 2.12. The van der Waals surface area contributed by atoms with Crippen LogP contribution in [0.4, 0.5) is 0 Å². The van der Waals surface area contributed by atoms with E-state index in [9.17, 15) is 0 Å². The number of hydrogen-bond donors (Lipinski definition) is 0. The third kappa shape index (κ3) is 3.48. The molecule has 0 aromatic carbocycles. The van der Waals surface area contributed by atoms with Crippen molar-refractivity contribution in [2.45, 2.75) is 19.3 Å². The molecular formula is C10H12BrN3O. The van der Waals surface area contributed by atoms with Gasteiger partial charge in [0.1, 0.15) is 11.7 Å². The van der Waals surface area contributed by atoms with Gasteiger partial charge in [0.05, 0.1) is 12.7 Å². The highest BCUT2D eigenvalue weighted by molar-refractivity contribution is 9.09. The van der Waals surface area contributed by atoms with Crippen LogP contribution < -0.4 is 4.74 Å². The summed E-state index contributed by atoms with van der Waals surface area (Å²) >= 11 is 3.25. The van der Waals surface area contributed by atoms with Crippen LogP contribution in [0.1, 0.15) is 25.1 Å². The smallest absolute Gasteiger partial charge is 0.216 e. The monoisotopic (exact) mass is 269 g/mol. The van der Waals surface area contributed by atoms with E-state index in [0.717, 1.165) is 6.42 Å². The Hall–Kier alpha value is -1.15. The zero-order chi connectivity index (χ0) is 11.1. The Labute approximate surface area is 97.4 Å². The van der Waals surface area contributed by atoms with Crippen molar-refractivity contribution in [1.29, 1.82) is 5.26 Å². The number of aromatic nitrogens is 2. The first-order valence-corrected chi connectivity index (χ1v) is 5.85. The Balaban J connectivity index is 2.78. The van der Waals surface area contributed by atoms with Gasteiger partial charge in [0.2, 0.25) is 5.88 Å². The van der Waals surface area contributed by atoms with Crippen molar-refractivity contribution in [3.8, 4) is 11.9 Å². The summed E-state index contributed by atoms with van der Waals surface area (Å²) in [4.78, 5) is 8.21. The van der Waals surface area contributed by atoms with Crippen molar-refractivity contribution < 1.29 is 4.74 Å². The Morgan fingerprint density at radius 2 is 2.47 bits per heavy atom. The van der Waals surface area contributed by atoms with Crippen LogP contribution in [0.25, 0.3) is 0 Å². The molecule has 0 spiro atoms. The van der Waals surface area contributed by atoms with E-state index in [0.29, 0.717) is 23.6 Å². The van der Waals surface area contributed by atoms with E-state index in [-0.39, 0.29) is 5.92 Å². The van der Waals surface area contributed by atoms with Gasteiger partial charge in [-0.2, -0.15) is 10.2 Å². The van der Waals surface area contributed by atoms with E-state index < -0.39 is 0 Å². The number of halogens is 1. The van der Waals surface area contributed by atoms with E-state index in [4.69, 9.17) is 10.00 Å². The molecule has 0 bridgehead atoms. The van der Waals surface area contributed by atoms with Gasteiger partial charge in [0, 0.05) is 17.6 Å². The van der Waals surface area contributed by atoms with Crippen LogP contribution in [0.2, 0.25) is 0 Å². The number of alkyl halides is 1. The number of nitrogens with zero attached hydrogens (tertiary/aromatic N) is 3. The number of ether oxygens (including phenoxy) is 1. The third-order valence-corrected chi connectivity index (χ3v) is 2.37. The Morgan fingerprint density at radius 1 is 1.67 bits per heavy atom. The number of hydrogen-bond acceptors (Lipinski definition) is 4. The zero-order valence-corrected chi connectivity index (χ0v) is 10.1. The molecule has 0 saturated heterocycles. The predicted molar refractivity (Wildman–Crippen MR) is 60.0 cm³/mol. The van der Waals surface area contributed by atoms with E-state index in [2.05, 4.69) is 32.0 Å². The van der Waals surface area contributed by atoms with Gasteiger partial charge in [0.25, 0.3) is 0 Å². The van der Waals surface area contributed by atoms with Crippen LogP contribution >= 0.6 is 15.9 Å². The first-order chi connectivity index (χ1) is 7.31. The van der Waals surface area contributed by atoms with Crippen LogP contribution in [0.15, 0.2) is 12.3 Å². The minimum Gasteiger partial charge on any atom is -0.478 e. The molecule has 0 aliphatic rings. The second kappa shape index (κ2) is 6.36. The summed E-state index contributed by atoms with van der Waals surface area (Å²) in [5, 5.41) is 9.37. The second-order valence-electron chi connectivity index (χ2n) is 2.94. The summed E-state index contributed by atoms with van der Waals surface area (Å²) in [6.45, 7) is 2.65. The first-order valence-electron chi connectivity index (χ1n) is 4.73. The largest absolute Gasteiger partial charge is 0.478 e. The van der Waals surface area contributed by atoms with Crippen LogP contribution in [-0.2, 0) is 0 Å². The average Bonchev–Trinajstić information content (AvgIpc) is 2.29. The summed E-state index contributed by atoms with van der Waals surface area (Å²) in [6, 6.07) is 3.82. The second-order valence-corrected chi connectivity index (χ2v) is 3.59. The topological polar surface area (TPSA) is 58.8 Å². The maximum Gasteiger partial charge on any atom is 0.216 e. The molecule has 0 saturated carbocycles. The van der Waals surface area contributed by atoms with Crippen LogP contribution in [0, 0.1) is 11.3 Å². The van der Waals surface area contributed by atoms with Crippen LogP contribution in [0.3, 0.4) is 0 Å². The van der Waals surface area contributed by atoms with Crippen molar-refractivity contribution >= 4 is 15.9 Å². The van der Waals surface area contributed by atoms with Gasteiger partial charge in [-0.1, -0.05) is 22.9 Å². The van der Waals surface area contributed by atoms with Crippen molar-refractivity contribution in [2.24, 2.45) is 0 Å². The van der Waals surface area contributed by atoms with E-state index >= 15 is 0 Å². The molecule has 1 rings (SSSR count). The summed E-state index contributed by atoms with van der Waals surface area (Å²) in [7, 11) is 0. The number of rotatable bonds is 5. The Kier molecular flexibility index (Phi) is 5.05.